The lowest BCUT2D eigenvalue weighted by atomic mass is 10.3. The van der Waals surface area contributed by atoms with E-state index in [1.165, 1.54) is 6.07 Å². The molecular formula is C11H12Cl2N2O3S. The normalized spacial score (nSPS) is 11.9. The molecule has 4 N–H and O–H groups in total. The molecule has 8 heteroatoms. The molecule has 1 rings (SSSR count). The van der Waals surface area contributed by atoms with Crippen LogP contribution in [-0.4, -0.2) is 34.5 Å². The fourth-order valence-electron chi connectivity index (χ4n) is 1.12. The number of thioether (sulfide) groups is 1. The highest BCUT2D eigenvalue weighted by Crippen LogP contribution is 2.25. The van der Waals surface area contributed by atoms with Crippen molar-refractivity contribution in [2.24, 2.45) is 5.73 Å². The quantitative estimate of drug-likeness (QED) is 0.745. The summed E-state index contributed by atoms with van der Waals surface area (Å²) in [4.78, 5) is 22.0. The number of carbonyl (C=O) groups is 2. The molecule has 0 radical (unpaired) electrons. The molecule has 5 nitrogen and oxygen atoms in total. The summed E-state index contributed by atoms with van der Waals surface area (Å²) in [6, 6.07) is 3.77. The second-order valence-electron chi connectivity index (χ2n) is 3.64. The van der Waals surface area contributed by atoms with Crippen molar-refractivity contribution in [2.45, 2.75) is 6.04 Å². The van der Waals surface area contributed by atoms with Gasteiger partial charge in [-0.1, -0.05) is 23.2 Å². The van der Waals surface area contributed by atoms with Crippen molar-refractivity contribution >= 4 is 52.5 Å². The third kappa shape index (κ3) is 5.69. The molecule has 0 fully saturated rings. The molecule has 1 amide bonds. The van der Waals surface area contributed by atoms with Crippen LogP contribution in [0.1, 0.15) is 0 Å². The molecule has 0 spiro atoms. The summed E-state index contributed by atoms with van der Waals surface area (Å²) in [5, 5.41) is 11.9. The first kappa shape index (κ1) is 16.1. The summed E-state index contributed by atoms with van der Waals surface area (Å²) >= 11 is 12.7. The maximum atomic E-state index is 11.6. The van der Waals surface area contributed by atoms with E-state index in [1.807, 2.05) is 0 Å². The Hall–Kier alpha value is -0.950. The van der Waals surface area contributed by atoms with Crippen LogP contribution in [0.2, 0.25) is 10.0 Å². The van der Waals surface area contributed by atoms with Crippen LogP contribution in [0.15, 0.2) is 18.2 Å². The van der Waals surface area contributed by atoms with E-state index < -0.39 is 12.0 Å². The van der Waals surface area contributed by atoms with E-state index >= 15 is 0 Å². The molecular weight excluding hydrogens is 311 g/mol. The number of benzene rings is 1. The van der Waals surface area contributed by atoms with E-state index in [4.69, 9.17) is 34.0 Å². The Balaban J connectivity index is 2.39. The summed E-state index contributed by atoms with van der Waals surface area (Å²) in [7, 11) is 0. The fourth-order valence-corrected chi connectivity index (χ4v) is 2.19. The average molecular weight is 323 g/mol. The van der Waals surface area contributed by atoms with Crippen molar-refractivity contribution in [2.75, 3.05) is 16.8 Å². The first-order valence-corrected chi connectivity index (χ1v) is 7.12. The molecule has 104 valence electrons. The SMILES string of the molecule is N[C@H](CSCC(=O)Nc1ccc(Cl)c(Cl)c1)C(=O)O. The van der Waals surface area contributed by atoms with Crippen LogP contribution in [0.4, 0.5) is 5.69 Å². The van der Waals surface area contributed by atoms with Gasteiger partial charge >= 0.3 is 5.97 Å². The van der Waals surface area contributed by atoms with Gasteiger partial charge in [0.2, 0.25) is 5.91 Å². The Morgan fingerprint density at radius 3 is 2.63 bits per heavy atom. The lowest BCUT2D eigenvalue weighted by molar-refractivity contribution is -0.137. The third-order valence-electron chi connectivity index (χ3n) is 2.05. The molecule has 0 heterocycles. The standard InChI is InChI=1S/C11H12Cl2N2O3S/c12-7-2-1-6(3-8(7)13)15-10(16)5-19-4-9(14)11(17)18/h1-3,9H,4-5,14H2,(H,15,16)(H,17,18)/t9-/m1/s1. The average Bonchev–Trinajstić information content (AvgIpc) is 2.33. The summed E-state index contributed by atoms with van der Waals surface area (Å²) in [5.74, 6) is -1.07. The predicted molar refractivity (Wildman–Crippen MR) is 78.0 cm³/mol. The number of nitrogens with one attached hydrogen (secondary N) is 1. The summed E-state index contributed by atoms with van der Waals surface area (Å²) < 4.78 is 0. The molecule has 0 aliphatic rings. The molecule has 1 aromatic carbocycles. The maximum absolute atomic E-state index is 11.6. The number of rotatable bonds is 6. The van der Waals surface area contributed by atoms with Crippen LogP contribution in [0.3, 0.4) is 0 Å². The molecule has 0 saturated carbocycles. The minimum atomic E-state index is -1.09. The van der Waals surface area contributed by atoms with Gasteiger partial charge in [0.05, 0.1) is 15.8 Å². The Morgan fingerprint density at radius 2 is 2.05 bits per heavy atom. The van der Waals surface area contributed by atoms with E-state index in [0.717, 1.165) is 11.8 Å². The van der Waals surface area contributed by atoms with E-state index in [1.54, 1.807) is 12.1 Å². The number of aliphatic carboxylic acids is 1. The zero-order valence-electron chi connectivity index (χ0n) is 9.73. The molecule has 0 aromatic heterocycles. The van der Waals surface area contributed by atoms with E-state index in [9.17, 15) is 9.59 Å². The van der Waals surface area contributed by atoms with E-state index in [0.29, 0.717) is 15.7 Å². The van der Waals surface area contributed by atoms with Crippen LogP contribution in [0.5, 0.6) is 0 Å². The molecule has 0 aliphatic carbocycles. The van der Waals surface area contributed by atoms with Gasteiger partial charge in [-0.05, 0) is 18.2 Å². The second-order valence-corrected chi connectivity index (χ2v) is 5.48. The smallest absolute Gasteiger partial charge is 0.321 e. The Morgan fingerprint density at radius 1 is 1.37 bits per heavy atom. The lowest BCUT2D eigenvalue weighted by Crippen LogP contribution is -2.33. The predicted octanol–water partition coefficient (Wildman–Crippen LogP) is 2.08. The number of halogens is 2. The monoisotopic (exact) mass is 322 g/mol. The lowest BCUT2D eigenvalue weighted by Gasteiger charge is -2.07. The number of carboxylic acid groups (broad SMARTS) is 1. The van der Waals surface area contributed by atoms with Gasteiger partial charge in [-0.3, -0.25) is 9.59 Å². The molecule has 0 unspecified atom stereocenters. The molecule has 19 heavy (non-hydrogen) atoms. The van der Waals surface area contributed by atoms with Crippen molar-refractivity contribution in [3.05, 3.63) is 28.2 Å². The minimum absolute atomic E-state index is 0.112. The maximum Gasteiger partial charge on any atom is 0.321 e. The van der Waals surface area contributed by atoms with E-state index in [-0.39, 0.29) is 17.4 Å². The fraction of sp³-hybridized carbons (Fsp3) is 0.273. The van der Waals surface area contributed by atoms with Crippen molar-refractivity contribution in [1.82, 2.24) is 0 Å². The van der Waals surface area contributed by atoms with Crippen molar-refractivity contribution in [3.8, 4) is 0 Å². The van der Waals surface area contributed by atoms with Gasteiger partial charge in [0.1, 0.15) is 6.04 Å². The molecule has 1 aromatic rings. The van der Waals surface area contributed by atoms with Gasteiger partial charge in [-0.2, -0.15) is 0 Å². The minimum Gasteiger partial charge on any atom is -0.480 e. The first-order valence-electron chi connectivity index (χ1n) is 5.21. The number of nitrogens with two attached hydrogens (primary N) is 1. The van der Waals surface area contributed by atoms with Crippen LogP contribution in [0, 0.1) is 0 Å². The highest BCUT2D eigenvalue weighted by molar-refractivity contribution is 8.00. The van der Waals surface area contributed by atoms with Crippen molar-refractivity contribution < 1.29 is 14.7 Å². The van der Waals surface area contributed by atoms with Crippen LogP contribution in [0.25, 0.3) is 0 Å². The zero-order chi connectivity index (χ0) is 14.4. The van der Waals surface area contributed by atoms with Gasteiger partial charge in [-0.25, -0.2) is 0 Å². The topological polar surface area (TPSA) is 92.4 Å². The van der Waals surface area contributed by atoms with Gasteiger partial charge < -0.3 is 16.2 Å². The summed E-state index contributed by atoms with van der Waals surface area (Å²) in [6.07, 6.45) is 0. The highest BCUT2D eigenvalue weighted by Gasteiger charge is 2.12. The molecule has 1 atom stereocenters. The third-order valence-corrected chi connectivity index (χ3v) is 3.85. The van der Waals surface area contributed by atoms with E-state index in [2.05, 4.69) is 5.32 Å². The first-order chi connectivity index (χ1) is 8.90. The van der Waals surface area contributed by atoms with Crippen molar-refractivity contribution in [1.29, 1.82) is 0 Å². The number of carboxylic acids is 1. The molecule has 0 aliphatic heterocycles. The van der Waals surface area contributed by atoms with Gasteiger partial charge in [0.15, 0.2) is 0 Å². The Labute approximate surface area is 124 Å². The Kier molecular flexibility index (Phi) is 6.44. The van der Waals surface area contributed by atoms with Crippen molar-refractivity contribution in [3.63, 3.8) is 0 Å². The number of hydrogen-bond donors (Lipinski definition) is 3. The van der Waals surface area contributed by atoms with Crippen LogP contribution >= 0.6 is 35.0 Å². The van der Waals surface area contributed by atoms with Crippen LogP contribution in [-0.2, 0) is 9.59 Å². The molecule has 0 saturated heterocycles. The number of carbonyl (C=O) groups excluding carboxylic acids is 1. The molecule has 0 bridgehead atoms. The number of anilines is 1. The zero-order valence-corrected chi connectivity index (χ0v) is 12.1. The number of hydrogen-bond acceptors (Lipinski definition) is 4. The van der Waals surface area contributed by atoms with Gasteiger partial charge in [0.25, 0.3) is 0 Å². The van der Waals surface area contributed by atoms with Crippen LogP contribution < -0.4 is 11.1 Å². The highest BCUT2D eigenvalue weighted by atomic mass is 35.5. The Bertz CT molecular complexity index is 485. The van der Waals surface area contributed by atoms with Gasteiger partial charge in [-0.15, -0.1) is 11.8 Å². The largest absolute Gasteiger partial charge is 0.480 e. The second kappa shape index (κ2) is 7.59. The van der Waals surface area contributed by atoms with Gasteiger partial charge in [0, 0.05) is 11.4 Å². The number of amides is 1. The summed E-state index contributed by atoms with van der Waals surface area (Å²) in [6.45, 7) is 0. The summed E-state index contributed by atoms with van der Waals surface area (Å²) in [5.41, 5.74) is 5.84.